The van der Waals surface area contributed by atoms with Gasteiger partial charge in [-0.25, -0.2) is 4.79 Å². The van der Waals surface area contributed by atoms with Gasteiger partial charge in [-0.05, 0) is 106 Å². The summed E-state index contributed by atoms with van der Waals surface area (Å²) in [5.41, 5.74) is 6.09. The highest BCUT2D eigenvalue weighted by atomic mass is 16.6. The minimum atomic E-state index is -0.559. The van der Waals surface area contributed by atoms with Gasteiger partial charge in [-0.3, -0.25) is 9.59 Å². The number of amides is 2. The zero-order valence-corrected chi connectivity index (χ0v) is 28.8. The molecule has 0 unspecified atom stereocenters. The highest BCUT2D eigenvalue weighted by Gasteiger charge is 2.40. The number of likely N-dealkylation sites (N-methyl/N-ethyl adjacent to an activating group) is 2. The van der Waals surface area contributed by atoms with Crippen molar-refractivity contribution in [1.29, 1.82) is 0 Å². The molecule has 2 heterocycles. The van der Waals surface area contributed by atoms with Gasteiger partial charge in [-0.1, -0.05) is 30.3 Å². The Balaban J connectivity index is 1.41. The quantitative estimate of drug-likeness (QED) is 0.237. The predicted octanol–water partition coefficient (Wildman–Crippen LogP) is 6.42. The molecule has 47 heavy (non-hydrogen) atoms. The molecule has 9 nitrogen and oxygen atoms in total. The summed E-state index contributed by atoms with van der Waals surface area (Å²) in [5.74, 6) is -0.0441. The van der Waals surface area contributed by atoms with E-state index in [-0.39, 0.29) is 12.0 Å². The van der Waals surface area contributed by atoms with Crippen molar-refractivity contribution in [3.05, 3.63) is 88.5 Å². The maximum absolute atomic E-state index is 13.8. The van der Waals surface area contributed by atoms with E-state index in [2.05, 4.69) is 47.1 Å². The van der Waals surface area contributed by atoms with Crippen LogP contribution >= 0.6 is 0 Å². The number of methoxy groups -OCH3 is 1. The van der Waals surface area contributed by atoms with Crippen LogP contribution in [0.5, 0.6) is 5.75 Å². The minimum absolute atomic E-state index is 0.136. The molecule has 0 aromatic heterocycles. The normalized spacial score (nSPS) is 15.3. The molecule has 1 saturated heterocycles. The molecule has 3 aromatic rings. The first kappa shape index (κ1) is 34.0. The first-order chi connectivity index (χ1) is 22.3. The molecule has 2 amide bonds. The van der Waals surface area contributed by atoms with Crippen molar-refractivity contribution in [1.82, 2.24) is 9.80 Å². The summed E-state index contributed by atoms with van der Waals surface area (Å²) in [6, 6.07) is 20.2. The largest absolute Gasteiger partial charge is 0.497 e. The second-order valence-electron chi connectivity index (χ2n) is 13.8. The summed E-state index contributed by atoms with van der Waals surface area (Å²) in [7, 11) is 5.38. The molecule has 5 rings (SSSR count). The Morgan fingerprint density at radius 1 is 0.957 bits per heavy atom. The van der Waals surface area contributed by atoms with Crippen molar-refractivity contribution in [3.8, 4) is 5.75 Å². The first-order valence-corrected chi connectivity index (χ1v) is 16.4. The van der Waals surface area contributed by atoms with Gasteiger partial charge in [-0.15, -0.1) is 0 Å². The average molecular weight is 641 g/mol. The standard InChI is InChI=1S/C38H48N4O5/c1-26-9-8-10-30(23-26)41-19-17-28(18-20-41)33-29(25-39(5)21-22-40(6)37(45)47-38(2,3)4)13-16-32-34(33)35(43)36(44)42(32)24-27-11-14-31(46-7)15-12-27/h8-16,23,28H,17-22,24-25H2,1-7H3. The lowest BCUT2D eigenvalue weighted by atomic mass is 9.82. The highest BCUT2D eigenvalue weighted by Crippen LogP contribution is 2.42. The van der Waals surface area contributed by atoms with E-state index >= 15 is 0 Å². The second-order valence-corrected chi connectivity index (χ2v) is 13.8. The molecule has 3 aromatic carbocycles. The van der Waals surface area contributed by atoms with Crippen molar-refractivity contribution >= 4 is 29.2 Å². The topological polar surface area (TPSA) is 82.6 Å². The first-order valence-electron chi connectivity index (χ1n) is 16.4. The molecule has 250 valence electrons. The SMILES string of the molecule is COc1ccc(CN2C(=O)C(=O)c3c2ccc(CN(C)CCN(C)C(=O)OC(C)(C)C)c3C2CCN(c3cccc(C)c3)CC2)cc1. The van der Waals surface area contributed by atoms with Crippen LogP contribution in [0.15, 0.2) is 60.7 Å². The molecule has 9 heteroatoms. The Labute approximate surface area is 279 Å². The van der Waals surface area contributed by atoms with Gasteiger partial charge in [0.15, 0.2) is 0 Å². The molecule has 0 spiro atoms. The fraction of sp³-hybridized carbons (Fsp3) is 0.447. The van der Waals surface area contributed by atoms with Crippen molar-refractivity contribution in [2.24, 2.45) is 0 Å². The highest BCUT2D eigenvalue weighted by molar-refractivity contribution is 6.52. The summed E-state index contributed by atoms with van der Waals surface area (Å²) in [6.45, 7) is 11.4. The van der Waals surface area contributed by atoms with Crippen LogP contribution in [0.4, 0.5) is 16.2 Å². The van der Waals surface area contributed by atoms with Crippen LogP contribution in [0.2, 0.25) is 0 Å². The fourth-order valence-corrected chi connectivity index (χ4v) is 6.50. The summed E-state index contributed by atoms with van der Waals surface area (Å²) in [6.07, 6.45) is 1.40. The number of nitrogens with zero attached hydrogens (tertiary/aromatic N) is 4. The van der Waals surface area contributed by atoms with E-state index in [9.17, 15) is 14.4 Å². The van der Waals surface area contributed by atoms with Crippen LogP contribution in [0, 0.1) is 6.92 Å². The van der Waals surface area contributed by atoms with E-state index in [4.69, 9.17) is 9.47 Å². The number of benzene rings is 3. The number of piperidine rings is 1. The van der Waals surface area contributed by atoms with Crippen LogP contribution in [0.1, 0.15) is 72.1 Å². The van der Waals surface area contributed by atoms with E-state index in [0.29, 0.717) is 37.4 Å². The lowest BCUT2D eigenvalue weighted by Gasteiger charge is -2.36. The Morgan fingerprint density at radius 2 is 1.66 bits per heavy atom. The Morgan fingerprint density at radius 3 is 2.30 bits per heavy atom. The number of ketones is 1. The molecule has 1 fully saturated rings. The molecule has 0 N–H and O–H groups in total. The van der Waals surface area contributed by atoms with Crippen molar-refractivity contribution < 1.29 is 23.9 Å². The van der Waals surface area contributed by atoms with Crippen molar-refractivity contribution in [2.45, 2.75) is 65.1 Å². The summed E-state index contributed by atoms with van der Waals surface area (Å²) in [5, 5.41) is 0. The van der Waals surface area contributed by atoms with E-state index in [1.807, 2.05) is 58.2 Å². The van der Waals surface area contributed by atoms with Gasteiger partial charge in [0.2, 0.25) is 0 Å². The molecular formula is C38H48N4O5. The number of rotatable bonds is 10. The average Bonchev–Trinajstić information content (AvgIpc) is 3.27. The third-order valence-corrected chi connectivity index (χ3v) is 9.00. The smallest absolute Gasteiger partial charge is 0.410 e. The number of anilines is 2. The van der Waals surface area contributed by atoms with Crippen LogP contribution < -0.4 is 14.5 Å². The lowest BCUT2D eigenvalue weighted by molar-refractivity contribution is -0.114. The number of aryl methyl sites for hydroxylation is 1. The third-order valence-electron chi connectivity index (χ3n) is 9.00. The Kier molecular flexibility index (Phi) is 10.2. The van der Waals surface area contributed by atoms with Crippen LogP contribution in [0.25, 0.3) is 0 Å². The molecular weight excluding hydrogens is 592 g/mol. The summed E-state index contributed by atoms with van der Waals surface area (Å²) in [4.78, 5) is 47.7. The summed E-state index contributed by atoms with van der Waals surface area (Å²) < 4.78 is 10.8. The fourth-order valence-electron chi connectivity index (χ4n) is 6.50. The maximum atomic E-state index is 13.8. The van der Waals surface area contributed by atoms with Gasteiger partial charge in [-0.2, -0.15) is 0 Å². The van der Waals surface area contributed by atoms with E-state index < -0.39 is 17.3 Å². The number of ether oxygens (including phenoxy) is 2. The molecule has 0 aliphatic carbocycles. The number of hydrogen-bond donors (Lipinski definition) is 0. The minimum Gasteiger partial charge on any atom is -0.497 e. The van der Waals surface area contributed by atoms with Gasteiger partial charge >= 0.3 is 6.09 Å². The lowest BCUT2D eigenvalue weighted by Crippen LogP contribution is -2.38. The van der Waals surface area contributed by atoms with Crippen LogP contribution in [0.3, 0.4) is 0 Å². The Hall–Kier alpha value is -4.37. The monoisotopic (exact) mass is 640 g/mol. The molecule has 0 bridgehead atoms. The zero-order chi connectivity index (χ0) is 33.9. The Bertz CT molecular complexity index is 1610. The number of fused-ring (bicyclic) bond motifs is 1. The number of hydrogen-bond acceptors (Lipinski definition) is 7. The van der Waals surface area contributed by atoms with Gasteiger partial charge in [0.25, 0.3) is 11.7 Å². The van der Waals surface area contributed by atoms with E-state index in [1.165, 1.54) is 11.3 Å². The van der Waals surface area contributed by atoms with Gasteiger partial charge in [0.1, 0.15) is 11.4 Å². The molecule has 0 radical (unpaired) electrons. The molecule has 2 aliphatic heterocycles. The van der Waals surface area contributed by atoms with Gasteiger partial charge < -0.3 is 29.1 Å². The number of Topliss-reactive ketones (excluding diaryl/α,β-unsaturated/α-hetero) is 1. The van der Waals surface area contributed by atoms with Crippen molar-refractivity contribution in [2.75, 3.05) is 57.2 Å². The summed E-state index contributed by atoms with van der Waals surface area (Å²) >= 11 is 0. The zero-order valence-electron chi connectivity index (χ0n) is 28.8. The van der Waals surface area contributed by atoms with Crippen LogP contribution in [-0.4, -0.2) is 80.6 Å². The molecule has 2 aliphatic rings. The van der Waals surface area contributed by atoms with Crippen molar-refractivity contribution in [3.63, 3.8) is 0 Å². The molecule has 0 saturated carbocycles. The van der Waals surface area contributed by atoms with E-state index in [1.54, 1.807) is 24.0 Å². The number of carbonyl (C=O) groups is 3. The van der Waals surface area contributed by atoms with E-state index in [0.717, 1.165) is 48.4 Å². The maximum Gasteiger partial charge on any atom is 0.410 e. The predicted molar refractivity (Wildman–Crippen MR) is 186 cm³/mol. The third kappa shape index (κ3) is 7.96. The van der Waals surface area contributed by atoms with Gasteiger partial charge in [0.05, 0.1) is 24.9 Å². The number of carbonyl (C=O) groups excluding carboxylic acids is 3. The second kappa shape index (κ2) is 14.2. The van der Waals surface area contributed by atoms with Crippen LogP contribution in [-0.2, 0) is 22.6 Å². The molecule has 0 atom stereocenters. The van der Waals surface area contributed by atoms with Gasteiger partial charge in [0, 0.05) is 45.5 Å².